The van der Waals surface area contributed by atoms with Crippen LogP contribution in [0.4, 0.5) is 10.1 Å². The molecule has 1 N–H and O–H groups in total. The summed E-state index contributed by atoms with van der Waals surface area (Å²) in [5.74, 6) is 0.727. The third-order valence-corrected chi connectivity index (χ3v) is 4.19. The van der Waals surface area contributed by atoms with Crippen molar-refractivity contribution in [2.24, 2.45) is 4.99 Å². The van der Waals surface area contributed by atoms with E-state index in [1.54, 1.807) is 19.0 Å². The van der Waals surface area contributed by atoms with Crippen LogP contribution in [0.25, 0.3) is 0 Å². The largest absolute Gasteiger partial charge is 0.368 e. The van der Waals surface area contributed by atoms with E-state index >= 15 is 0 Å². The SMILES string of the molecule is CCNC(=NCCC(=O)N(C)C)N1CCN(c2ccc(F)cc2)CC1. The lowest BCUT2D eigenvalue weighted by Gasteiger charge is -2.37. The lowest BCUT2D eigenvalue weighted by Crippen LogP contribution is -2.52. The quantitative estimate of drug-likeness (QED) is 0.645. The van der Waals surface area contributed by atoms with Gasteiger partial charge in [0.15, 0.2) is 5.96 Å². The monoisotopic (exact) mass is 349 g/mol. The Morgan fingerprint density at radius 1 is 1.20 bits per heavy atom. The number of piperazine rings is 1. The Hall–Kier alpha value is -2.31. The van der Waals surface area contributed by atoms with Gasteiger partial charge in [0.25, 0.3) is 0 Å². The maximum atomic E-state index is 13.1. The van der Waals surface area contributed by atoms with Gasteiger partial charge in [-0.05, 0) is 31.2 Å². The van der Waals surface area contributed by atoms with Gasteiger partial charge in [-0.15, -0.1) is 0 Å². The summed E-state index contributed by atoms with van der Waals surface area (Å²) in [4.78, 5) is 22.3. The Morgan fingerprint density at radius 3 is 2.40 bits per heavy atom. The number of amides is 1. The highest BCUT2D eigenvalue weighted by Crippen LogP contribution is 2.16. The summed E-state index contributed by atoms with van der Waals surface area (Å²) in [6, 6.07) is 6.62. The number of aliphatic imine (C=N–C) groups is 1. The van der Waals surface area contributed by atoms with Gasteiger partial charge in [-0.1, -0.05) is 0 Å². The van der Waals surface area contributed by atoms with Crippen molar-refractivity contribution in [2.75, 3.05) is 58.3 Å². The molecular weight excluding hydrogens is 321 g/mol. The molecule has 6 nitrogen and oxygen atoms in total. The van der Waals surface area contributed by atoms with Crippen molar-refractivity contribution in [3.63, 3.8) is 0 Å². The summed E-state index contributed by atoms with van der Waals surface area (Å²) in [5.41, 5.74) is 1.04. The maximum absolute atomic E-state index is 13.1. The highest BCUT2D eigenvalue weighted by molar-refractivity contribution is 5.81. The van der Waals surface area contributed by atoms with Gasteiger partial charge in [-0.2, -0.15) is 0 Å². The number of anilines is 1. The molecule has 1 aliphatic heterocycles. The second-order valence-corrected chi connectivity index (χ2v) is 6.22. The van der Waals surface area contributed by atoms with Gasteiger partial charge in [0.2, 0.25) is 5.91 Å². The smallest absolute Gasteiger partial charge is 0.223 e. The lowest BCUT2D eigenvalue weighted by atomic mass is 10.2. The van der Waals surface area contributed by atoms with Crippen LogP contribution in [0, 0.1) is 5.82 Å². The molecule has 1 heterocycles. The number of carbonyl (C=O) groups excluding carboxylic acids is 1. The van der Waals surface area contributed by atoms with Crippen molar-refractivity contribution in [1.29, 1.82) is 0 Å². The molecule has 1 aromatic carbocycles. The number of benzene rings is 1. The van der Waals surface area contributed by atoms with Crippen molar-refractivity contribution in [3.05, 3.63) is 30.1 Å². The Morgan fingerprint density at radius 2 is 1.84 bits per heavy atom. The molecule has 0 unspecified atom stereocenters. The Balaban J connectivity index is 1.90. The molecule has 1 fully saturated rings. The highest BCUT2D eigenvalue weighted by atomic mass is 19.1. The molecule has 138 valence electrons. The van der Waals surface area contributed by atoms with Crippen LogP contribution < -0.4 is 10.2 Å². The molecule has 0 bridgehead atoms. The molecule has 1 saturated heterocycles. The lowest BCUT2D eigenvalue weighted by molar-refractivity contribution is -0.128. The topological polar surface area (TPSA) is 51.2 Å². The fourth-order valence-corrected chi connectivity index (χ4v) is 2.74. The predicted octanol–water partition coefficient (Wildman–Crippen LogP) is 1.39. The Bertz CT molecular complexity index is 580. The molecule has 0 spiro atoms. The molecule has 1 aliphatic rings. The van der Waals surface area contributed by atoms with Crippen LogP contribution in [0.2, 0.25) is 0 Å². The number of nitrogens with one attached hydrogen (secondary N) is 1. The number of guanidine groups is 1. The summed E-state index contributed by atoms with van der Waals surface area (Å²) in [5, 5.41) is 3.30. The van der Waals surface area contributed by atoms with E-state index in [2.05, 4.69) is 20.1 Å². The molecule has 0 saturated carbocycles. The third kappa shape index (κ3) is 5.62. The minimum Gasteiger partial charge on any atom is -0.368 e. The van der Waals surface area contributed by atoms with E-state index in [0.29, 0.717) is 13.0 Å². The van der Waals surface area contributed by atoms with Crippen molar-refractivity contribution >= 4 is 17.6 Å². The second kappa shape index (κ2) is 9.25. The van der Waals surface area contributed by atoms with Crippen LogP contribution in [0.1, 0.15) is 13.3 Å². The summed E-state index contributed by atoms with van der Waals surface area (Å²) < 4.78 is 13.1. The minimum atomic E-state index is -0.212. The zero-order chi connectivity index (χ0) is 18.2. The maximum Gasteiger partial charge on any atom is 0.223 e. The van der Waals surface area contributed by atoms with Gasteiger partial charge in [-0.25, -0.2) is 4.39 Å². The van der Waals surface area contributed by atoms with E-state index in [0.717, 1.165) is 44.4 Å². The molecule has 1 amide bonds. The Kier molecular flexibility index (Phi) is 7.03. The van der Waals surface area contributed by atoms with Crippen LogP contribution in [0.3, 0.4) is 0 Å². The number of hydrogen-bond donors (Lipinski definition) is 1. The summed E-state index contributed by atoms with van der Waals surface area (Å²) in [7, 11) is 3.51. The van der Waals surface area contributed by atoms with Gasteiger partial charge in [0, 0.05) is 58.9 Å². The first kappa shape index (κ1) is 19.0. The van der Waals surface area contributed by atoms with Gasteiger partial charge < -0.3 is 20.0 Å². The van der Waals surface area contributed by atoms with E-state index in [4.69, 9.17) is 0 Å². The van der Waals surface area contributed by atoms with Gasteiger partial charge in [0.1, 0.15) is 5.82 Å². The van der Waals surface area contributed by atoms with E-state index in [9.17, 15) is 9.18 Å². The highest BCUT2D eigenvalue weighted by Gasteiger charge is 2.20. The molecular formula is C18H28FN5O. The van der Waals surface area contributed by atoms with E-state index < -0.39 is 0 Å². The molecule has 0 aromatic heterocycles. The number of halogens is 1. The molecule has 1 aromatic rings. The zero-order valence-electron chi connectivity index (χ0n) is 15.3. The minimum absolute atomic E-state index is 0.0840. The number of rotatable bonds is 5. The standard InChI is InChI=1S/C18H28FN5O/c1-4-20-18(21-10-9-17(25)22(2)3)24-13-11-23(12-14-24)16-7-5-15(19)6-8-16/h5-8H,4,9-14H2,1-3H3,(H,20,21). The van der Waals surface area contributed by atoms with Gasteiger partial charge in [0.05, 0.1) is 6.54 Å². The fraction of sp³-hybridized carbons (Fsp3) is 0.556. The molecule has 0 atom stereocenters. The van der Waals surface area contributed by atoms with Crippen LogP contribution in [-0.4, -0.2) is 75.0 Å². The van der Waals surface area contributed by atoms with Crippen molar-refractivity contribution in [3.8, 4) is 0 Å². The van der Waals surface area contributed by atoms with Crippen LogP contribution in [0.15, 0.2) is 29.3 Å². The predicted molar refractivity (Wildman–Crippen MR) is 99.5 cm³/mol. The number of carbonyl (C=O) groups is 1. The van der Waals surface area contributed by atoms with E-state index in [1.807, 2.05) is 19.1 Å². The number of hydrogen-bond acceptors (Lipinski definition) is 3. The first-order chi connectivity index (χ1) is 12.0. The molecule has 2 rings (SSSR count). The van der Waals surface area contributed by atoms with E-state index in [1.165, 1.54) is 12.1 Å². The Labute approximate surface area is 149 Å². The molecule has 0 aliphatic carbocycles. The van der Waals surface area contributed by atoms with Crippen molar-refractivity contribution < 1.29 is 9.18 Å². The normalized spacial score (nSPS) is 15.3. The average molecular weight is 349 g/mol. The summed E-state index contributed by atoms with van der Waals surface area (Å²) >= 11 is 0. The summed E-state index contributed by atoms with van der Waals surface area (Å²) in [6.07, 6.45) is 0.414. The average Bonchev–Trinajstić information content (AvgIpc) is 2.61. The van der Waals surface area contributed by atoms with Crippen LogP contribution in [0.5, 0.6) is 0 Å². The molecule has 25 heavy (non-hydrogen) atoms. The van der Waals surface area contributed by atoms with Crippen molar-refractivity contribution in [2.45, 2.75) is 13.3 Å². The van der Waals surface area contributed by atoms with Crippen molar-refractivity contribution in [1.82, 2.24) is 15.1 Å². The molecule has 0 radical (unpaired) electrons. The van der Waals surface area contributed by atoms with Gasteiger partial charge >= 0.3 is 0 Å². The third-order valence-electron chi connectivity index (χ3n) is 4.19. The second-order valence-electron chi connectivity index (χ2n) is 6.22. The van der Waals surface area contributed by atoms with E-state index in [-0.39, 0.29) is 11.7 Å². The van der Waals surface area contributed by atoms with Gasteiger partial charge in [-0.3, -0.25) is 9.79 Å². The first-order valence-electron chi connectivity index (χ1n) is 8.75. The van der Waals surface area contributed by atoms with Crippen LogP contribution >= 0.6 is 0 Å². The summed E-state index contributed by atoms with van der Waals surface area (Å²) in [6.45, 7) is 6.69. The fourth-order valence-electron chi connectivity index (χ4n) is 2.74. The zero-order valence-corrected chi connectivity index (χ0v) is 15.3. The number of nitrogens with zero attached hydrogens (tertiary/aromatic N) is 4. The van der Waals surface area contributed by atoms with Crippen LogP contribution in [-0.2, 0) is 4.79 Å². The first-order valence-corrected chi connectivity index (χ1v) is 8.75. The molecule has 7 heteroatoms.